The van der Waals surface area contributed by atoms with Gasteiger partial charge in [-0.05, 0) is 80.6 Å². The van der Waals surface area contributed by atoms with Crippen molar-refractivity contribution in [2.75, 3.05) is 31.1 Å². The van der Waals surface area contributed by atoms with Gasteiger partial charge in [0.25, 0.3) is 0 Å². The number of pyridine rings is 2. The first-order chi connectivity index (χ1) is 18.2. The highest BCUT2D eigenvalue weighted by Crippen LogP contribution is 2.25. The van der Waals surface area contributed by atoms with E-state index in [-0.39, 0.29) is 0 Å². The summed E-state index contributed by atoms with van der Waals surface area (Å²) in [5, 5.41) is 0. The van der Waals surface area contributed by atoms with Crippen molar-refractivity contribution in [2.24, 2.45) is 0 Å². The molecule has 0 aliphatic carbocycles. The third kappa shape index (κ3) is 5.67. The summed E-state index contributed by atoms with van der Waals surface area (Å²) in [6.45, 7) is 6.84. The van der Waals surface area contributed by atoms with E-state index in [0.29, 0.717) is 6.42 Å². The fourth-order valence-electron chi connectivity index (χ4n) is 5.89. The zero-order valence-electron chi connectivity index (χ0n) is 21.9. The standard InChI is InChI=1S/C30H37N7/c1-2-23-6-10-31-25(18-23)21-28-33-26(19-24-7-14-37-17-11-32-29(37)20-24)22-30(34-28)36-15-8-27(9-16-36)35-12-4-3-5-13-35/h6-7,10-11,14,17-18,20,22,27H,2-5,8-9,12-13,15-16,19,21H2,1H3. The first-order valence-corrected chi connectivity index (χ1v) is 13.9. The molecule has 6 heterocycles. The molecule has 6 rings (SSSR count). The second-order valence-corrected chi connectivity index (χ2v) is 10.5. The van der Waals surface area contributed by atoms with Crippen molar-refractivity contribution in [3.8, 4) is 0 Å². The third-order valence-electron chi connectivity index (χ3n) is 7.98. The van der Waals surface area contributed by atoms with Crippen LogP contribution in [0.4, 0.5) is 5.82 Å². The van der Waals surface area contributed by atoms with Gasteiger partial charge in [-0.2, -0.15) is 0 Å². The fourth-order valence-corrected chi connectivity index (χ4v) is 5.89. The van der Waals surface area contributed by atoms with Crippen LogP contribution in [0.2, 0.25) is 0 Å². The first-order valence-electron chi connectivity index (χ1n) is 13.9. The van der Waals surface area contributed by atoms with Crippen LogP contribution >= 0.6 is 0 Å². The predicted octanol–water partition coefficient (Wildman–Crippen LogP) is 4.72. The highest BCUT2D eigenvalue weighted by Gasteiger charge is 2.26. The molecule has 0 saturated carbocycles. The number of nitrogens with zero attached hydrogens (tertiary/aromatic N) is 7. The van der Waals surface area contributed by atoms with Crippen molar-refractivity contribution in [1.29, 1.82) is 0 Å². The van der Waals surface area contributed by atoms with Gasteiger partial charge in [0.2, 0.25) is 0 Å². The van der Waals surface area contributed by atoms with Crippen LogP contribution in [0.1, 0.15) is 67.4 Å². The molecule has 0 N–H and O–H groups in total. The molecule has 2 aliphatic heterocycles. The van der Waals surface area contributed by atoms with E-state index in [4.69, 9.17) is 9.97 Å². The van der Waals surface area contributed by atoms with E-state index in [0.717, 1.165) is 60.7 Å². The minimum atomic E-state index is 0.651. The van der Waals surface area contributed by atoms with E-state index in [1.54, 1.807) is 0 Å². The molecule has 0 bridgehead atoms. The van der Waals surface area contributed by atoms with Crippen LogP contribution in [0.5, 0.6) is 0 Å². The molecule has 2 saturated heterocycles. The Morgan fingerprint density at radius 1 is 0.784 bits per heavy atom. The zero-order valence-corrected chi connectivity index (χ0v) is 21.9. The number of aryl methyl sites for hydroxylation is 1. The van der Waals surface area contributed by atoms with Crippen LogP contribution in [0.3, 0.4) is 0 Å². The average Bonchev–Trinajstić information content (AvgIpc) is 3.42. The summed E-state index contributed by atoms with van der Waals surface area (Å²) in [5.74, 6) is 1.92. The van der Waals surface area contributed by atoms with Crippen molar-refractivity contribution >= 4 is 11.5 Å². The predicted molar refractivity (Wildman–Crippen MR) is 147 cm³/mol. The van der Waals surface area contributed by atoms with Crippen LogP contribution in [0.25, 0.3) is 5.65 Å². The Balaban J connectivity index is 1.25. The summed E-state index contributed by atoms with van der Waals surface area (Å²) >= 11 is 0. The third-order valence-corrected chi connectivity index (χ3v) is 7.98. The maximum absolute atomic E-state index is 5.07. The molecule has 4 aromatic rings. The van der Waals surface area contributed by atoms with Gasteiger partial charge in [0.1, 0.15) is 17.3 Å². The second-order valence-electron chi connectivity index (χ2n) is 10.5. The summed E-state index contributed by atoms with van der Waals surface area (Å²) in [6, 6.07) is 11.5. The minimum Gasteiger partial charge on any atom is -0.356 e. The van der Waals surface area contributed by atoms with E-state index in [1.165, 1.54) is 56.3 Å². The lowest BCUT2D eigenvalue weighted by Crippen LogP contribution is -2.47. The molecule has 2 fully saturated rings. The Morgan fingerprint density at radius 3 is 2.49 bits per heavy atom. The summed E-state index contributed by atoms with van der Waals surface area (Å²) in [6.07, 6.45) is 16.8. The highest BCUT2D eigenvalue weighted by molar-refractivity contribution is 5.45. The molecule has 0 unspecified atom stereocenters. The molecule has 0 aromatic carbocycles. The van der Waals surface area contributed by atoms with E-state index in [1.807, 2.05) is 23.0 Å². The number of anilines is 1. The minimum absolute atomic E-state index is 0.651. The molecule has 0 spiro atoms. The van der Waals surface area contributed by atoms with Crippen molar-refractivity contribution < 1.29 is 0 Å². The molecule has 7 heteroatoms. The van der Waals surface area contributed by atoms with Crippen molar-refractivity contribution in [3.05, 3.63) is 83.5 Å². The quantitative estimate of drug-likeness (QED) is 0.370. The highest BCUT2D eigenvalue weighted by atomic mass is 15.2. The van der Waals surface area contributed by atoms with Crippen LogP contribution < -0.4 is 4.90 Å². The SMILES string of the molecule is CCc1ccnc(Cc2nc(Cc3ccn4ccnc4c3)cc(N3CCC(N4CCCCC4)CC3)n2)c1. The Morgan fingerprint density at radius 2 is 1.65 bits per heavy atom. The summed E-state index contributed by atoms with van der Waals surface area (Å²) < 4.78 is 2.04. The Labute approximate surface area is 219 Å². The summed E-state index contributed by atoms with van der Waals surface area (Å²) in [5.41, 5.74) is 5.57. The molecule has 192 valence electrons. The molecule has 2 aliphatic rings. The van der Waals surface area contributed by atoms with E-state index >= 15 is 0 Å². The van der Waals surface area contributed by atoms with Gasteiger partial charge in [-0.3, -0.25) is 4.98 Å². The van der Waals surface area contributed by atoms with Gasteiger partial charge in [-0.25, -0.2) is 15.0 Å². The van der Waals surface area contributed by atoms with Gasteiger partial charge >= 0.3 is 0 Å². The van der Waals surface area contributed by atoms with Crippen LogP contribution in [-0.2, 0) is 19.3 Å². The van der Waals surface area contributed by atoms with Crippen LogP contribution in [0, 0.1) is 0 Å². The lowest BCUT2D eigenvalue weighted by atomic mass is 10.00. The number of piperidine rings is 2. The average molecular weight is 496 g/mol. The topological polar surface area (TPSA) is 62.5 Å². The van der Waals surface area contributed by atoms with Gasteiger partial charge in [0.05, 0.1) is 12.1 Å². The largest absolute Gasteiger partial charge is 0.356 e. The molecule has 0 atom stereocenters. The number of aromatic nitrogens is 5. The number of imidazole rings is 1. The Bertz CT molecular complexity index is 1330. The molecule has 0 amide bonds. The van der Waals surface area contributed by atoms with Gasteiger partial charge in [0, 0.05) is 62.1 Å². The van der Waals surface area contributed by atoms with Gasteiger partial charge < -0.3 is 14.2 Å². The van der Waals surface area contributed by atoms with Crippen molar-refractivity contribution in [3.63, 3.8) is 0 Å². The van der Waals surface area contributed by atoms with Crippen LogP contribution in [0.15, 0.2) is 55.1 Å². The first kappa shape index (κ1) is 24.0. The van der Waals surface area contributed by atoms with Crippen molar-refractivity contribution in [2.45, 2.75) is 64.3 Å². The number of likely N-dealkylation sites (tertiary alicyclic amines) is 1. The molecule has 7 nitrogen and oxygen atoms in total. The summed E-state index contributed by atoms with van der Waals surface area (Å²) in [4.78, 5) is 24.4. The Hall–Kier alpha value is -3.32. The van der Waals surface area contributed by atoms with Gasteiger partial charge in [-0.1, -0.05) is 13.3 Å². The normalized spacial score (nSPS) is 17.5. The lowest BCUT2D eigenvalue weighted by Gasteiger charge is -2.40. The second kappa shape index (κ2) is 11.0. The molecule has 37 heavy (non-hydrogen) atoms. The number of fused-ring (bicyclic) bond motifs is 1. The van der Waals surface area contributed by atoms with Gasteiger partial charge in [-0.15, -0.1) is 0 Å². The smallest absolute Gasteiger partial charge is 0.136 e. The summed E-state index contributed by atoms with van der Waals surface area (Å²) in [7, 11) is 0. The van der Waals surface area contributed by atoms with E-state index in [9.17, 15) is 0 Å². The van der Waals surface area contributed by atoms with Gasteiger partial charge in [0.15, 0.2) is 0 Å². The molecular weight excluding hydrogens is 458 g/mol. The van der Waals surface area contributed by atoms with Crippen molar-refractivity contribution in [1.82, 2.24) is 29.2 Å². The maximum atomic E-state index is 5.07. The number of hydrogen-bond acceptors (Lipinski definition) is 6. The fraction of sp³-hybridized carbons (Fsp3) is 0.467. The maximum Gasteiger partial charge on any atom is 0.136 e. The Kier molecular flexibility index (Phi) is 7.13. The van der Waals surface area contributed by atoms with E-state index < -0.39 is 0 Å². The number of rotatable bonds is 7. The molecule has 0 radical (unpaired) electrons. The lowest BCUT2D eigenvalue weighted by molar-refractivity contribution is 0.141. The van der Waals surface area contributed by atoms with E-state index in [2.05, 4.69) is 63.2 Å². The molecule has 4 aromatic heterocycles. The van der Waals surface area contributed by atoms with Crippen LogP contribution in [-0.4, -0.2) is 61.5 Å². The zero-order chi connectivity index (χ0) is 25.0. The monoisotopic (exact) mass is 495 g/mol. The molecular formula is C30H37N7. The number of hydrogen-bond donors (Lipinski definition) is 0.